The topological polar surface area (TPSA) is 42.5 Å². The molecule has 0 fully saturated rings. The van der Waals surface area contributed by atoms with Gasteiger partial charge in [0, 0.05) is 29.5 Å². The van der Waals surface area contributed by atoms with Crippen molar-refractivity contribution >= 4 is 17.1 Å². The molecule has 140 valence electrons. The Morgan fingerprint density at radius 1 is 0.852 bits per heavy atom. The summed E-state index contributed by atoms with van der Waals surface area (Å²) in [6.45, 7) is 10.3. The van der Waals surface area contributed by atoms with E-state index in [1.165, 1.54) is 16.7 Å². The predicted octanol–water partition coefficient (Wildman–Crippen LogP) is 5.22. The van der Waals surface area contributed by atoms with Gasteiger partial charge < -0.3 is 0 Å². The van der Waals surface area contributed by atoms with Crippen LogP contribution in [0.15, 0.2) is 65.0 Å². The van der Waals surface area contributed by atoms with Gasteiger partial charge in [0.05, 0.1) is 28.5 Å². The maximum atomic E-state index is 4.85. The van der Waals surface area contributed by atoms with Crippen molar-refractivity contribution in [2.45, 2.75) is 34.6 Å². The number of nitrogens with zero attached hydrogens (tertiary/aromatic N) is 4. The minimum Gasteiger partial charge on any atom is -0.251 e. The van der Waals surface area contributed by atoms with E-state index >= 15 is 0 Å². The Labute approximate surface area is 171 Å². The molecule has 3 rings (SSSR count). The number of aryl methyl sites for hydroxylation is 3. The van der Waals surface area contributed by atoms with E-state index in [1.807, 2.05) is 56.6 Å². The van der Waals surface area contributed by atoms with Crippen LogP contribution in [-0.2, 0) is 17.1 Å². The second kappa shape index (κ2) is 8.94. The first-order chi connectivity index (χ1) is 12.4. The fourth-order valence-corrected chi connectivity index (χ4v) is 3.03. The quantitative estimate of drug-likeness (QED) is 0.437. The van der Waals surface area contributed by atoms with Gasteiger partial charge in [-0.3, -0.25) is 4.99 Å². The maximum Gasteiger partial charge on any atom is 0.0867 e. The molecule has 2 aromatic heterocycles. The number of hydrogen-bond acceptors (Lipinski definition) is 3. The number of aromatic nitrogens is 2. The van der Waals surface area contributed by atoms with E-state index in [0.29, 0.717) is 0 Å². The fraction of sp³-hybridized carbons (Fsp3) is 0.227. The smallest absolute Gasteiger partial charge is 0.0867 e. The molecule has 0 amide bonds. The molecule has 3 aromatic rings. The molecule has 0 spiro atoms. The fourth-order valence-electron chi connectivity index (χ4n) is 3.03. The first-order valence-corrected chi connectivity index (χ1v) is 8.73. The summed E-state index contributed by atoms with van der Waals surface area (Å²) in [5.74, 6) is 0. The predicted molar refractivity (Wildman–Crippen MR) is 109 cm³/mol. The third-order valence-corrected chi connectivity index (χ3v) is 4.26. The van der Waals surface area contributed by atoms with Crippen LogP contribution in [-0.4, -0.2) is 21.1 Å². The Hall–Kier alpha value is -2.49. The minimum absolute atomic E-state index is 0. The van der Waals surface area contributed by atoms with Crippen molar-refractivity contribution < 1.29 is 17.1 Å². The average Bonchev–Trinajstić information content (AvgIpc) is 3.11. The van der Waals surface area contributed by atoms with Crippen molar-refractivity contribution in [1.29, 1.82) is 0 Å². The van der Waals surface area contributed by atoms with Gasteiger partial charge in [0.25, 0.3) is 0 Å². The van der Waals surface area contributed by atoms with Gasteiger partial charge in [0.1, 0.15) is 0 Å². The molecule has 0 aliphatic heterocycles. The summed E-state index contributed by atoms with van der Waals surface area (Å²) in [6.07, 6.45) is 3.81. The van der Waals surface area contributed by atoms with Gasteiger partial charge in [-0.1, -0.05) is 23.8 Å². The molecule has 0 saturated carbocycles. The number of rotatable bonds is 4. The Bertz CT molecular complexity index is 962. The van der Waals surface area contributed by atoms with Crippen LogP contribution >= 0.6 is 0 Å². The van der Waals surface area contributed by atoms with Crippen LogP contribution < -0.4 is 0 Å². The molecule has 0 atom stereocenters. The summed E-state index contributed by atoms with van der Waals surface area (Å²) in [5.41, 5.74) is 8.12. The van der Waals surface area contributed by atoms with E-state index in [-0.39, 0.29) is 17.1 Å². The van der Waals surface area contributed by atoms with Crippen molar-refractivity contribution in [3.8, 4) is 0 Å². The first kappa shape index (κ1) is 20.8. The van der Waals surface area contributed by atoms with Crippen LogP contribution in [0, 0.1) is 20.8 Å². The van der Waals surface area contributed by atoms with Crippen LogP contribution in [0.5, 0.6) is 0 Å². The largest absolute Gasteiger partial charge is 0.251 e. The molecular formula is C22H24FeN4. The summed E-state index contributed by atoms with van der Waals surface area (Å²) in [4.78, 5) is 9.61. The molecule has 0 unspecified atom stereocenters. The van der Waals surface area contributed by atoms with Crippen LogP contribution in [0.25, 0.3) is 0 Å². The summed E-state index contributed by atoms with van der Waals surface area (Å²) >= 11 is 0. The standard InChI is InChI=1S/C22H24N4.Fe/c1-15-13-16(2)22(17(3)14-15)23-18(4)20-9-8-10-21(24-20)19(5)25-26-11-6-7-12-26;/h6-14H,1-5H3;. The number of benzene rings is 1. The molecule has 27 heavy (non-hydrogen) atoms. The molecule has 1 aromatic carbocycles. The molecule has 0 bridgehead atoms. The Balaban J connectivity index is 0.00000261. The van der Waals surface area contributed by atoms with Gasteiger partial charge in [-0.05, 0) is 70.0 Å². The molecule has 0 radical (unpaired) electrons. The summed E-state index contributed by atoms with van der Waals surface area (Å²) < 4.78 is 1.78. The van der Waals surface area contributed by atoms with Crippen molar-refractivity contribution in [2.24, 2.45) is 10.1 Å². The summed E-state index contributed by atoms with van der Waals surface area (Å²) in [5, 5.41) is 4.54. The Morgan fingerprint density at radius 3 is 2.00 bits per heavy atom. The zero-order valence-electron chi connectivity index (χ0n) is 16.3. The zero-order valence-corrected chi connectivity index (χ0v) is 17.4. The van der Waals surface area contributed by atoms with E-state index in [4.69, 9.17) is 9.98 Å². The van der Waals surface area contributed by atoms with Crippen LogP contribution in [0.2, 0.25) is 0 Å². The van der Waals surface area contributed by atoms with Crippen LogP contribution in [0.4, 0.5) is 5.69 Å². The molecule has 0 N–H and O–H groups in total. The van der Waals surface area contributed by atoms with Gasteiger partial charge in [0.2, 0.25) is 0 Å². The van der Waals surface area contributed by atoms with Gasteiger partial charge >= 0.3 is 0 Å². The van der Waals surface area contributed by atoms with Crippen molar-refractivity contribution in [3.05, 3.63) is 82.9 Å². The minimum atomic E-state index is 0. The van der Waals surface area contributed by atoms with Crippen LogP contribution in [0.1, 0.15) is 41.9 Å². The third kappa shape index (κ3) is 5.03. The molecule has 2 heterocycles. The number of hydrogen-bond donors (Lipinski definition) is 0. The van der Waals surface area contributed by atoms with Gasteiger partial charge in [-0.2, -0.15) is 5.10 Å². The Kier molecular flexibility index (Phi) is 6.89. The normalized spacial score (nSPS) is 12.0. The molecule has 0 aliphatic rings. The molecule has 4 nitrogen and oxygen atoms in total. The second-order valence-electron chi connectivity index (χ2n) is 6.60. The molecular weight excluding hydrogens is 376 g/mol. The second-order valence-corrected chi connectivity index (χ2v) is 6.60. The van der Waals surface area contributed by atoms with Gasteiger partial charge in [-0.15, -0.1) is 0 Å². The summed E-state index contributed by atoms with van der Waals surface area (Å²) in [7, 11) is 0. The Morgan fingerprint density at radius 2 is 1.41 bits per heavy atom. The third-order valence-electron chi connectivity index (χ3n) is 4.26. The van der Waals surface area contributed by atoms with Crippen molar-refractivity contribution in [2.75, 3.05) is 0 Å². The van der Waals surface area contributed by atoms with E-state index in [1.54, 1.807) is 4.68 Å². The van der Waals surface area contributed by atoms with E-state index < -0.39 is 0 Å². The van der Waals surface area contributed by atoms with Crippen molar-refractivity contribution in [3.63, 3.8) is 0 Å². The molecule has 5 heteroatoms. The van der Waals surface area contributed by atoms with Gasteiger partial charge in [0.15, 0.2) is 0 Å². The van der Waals surface area contributed by atoms with Crippen LogP contribution in [0.3, 0.4) is 0 Å². The van der Waals surface area contributed by atoms with Gasteiger partial charge in [-0.25, -0.2) is 9.66 Å². The van der Waals surface area contributed by atoms with Crippen molar-refractivity contribution in [1.82, 2.24) is 9.66 Å². The van der Waals surface area contributed by atoms with E-state index in [0.717, 1.165) is 28.5 Å². The van der Waals surface area contributed by atoms with E-state index in [2.05, 4.69) is 38.0 Å². The van der Waals surface area contributed by atoms with E-state index in [9.17, 15) is 0 Å². The number of aliphatic imine (C=N–C) groups is 1. The maximum absolute atomic E-state index is 4.85. The first-order valence-electron chi connectivity index (χ1n) is 8.73. The number of pyridine rings is 1. The summed E-state index contributed by atoms with van der Waals surface area (Å²) in [6, 6.07) is 14.2. The molecule has 0 saturated heterocycles. The monoisotopic (exact) mass is 400 g/mol. The average molecular weight is 400 g/mol. The zero-order chi connectivity index (χ0) is 18.7. The molecule has 0 aliphatic carbocycles. The SMILES string of the molecule is CC(=Nc1c(C)cc(C)cc1C)c1cccc(C(C)=Nn2cccc2)n1.[Fe].